The number of nitrogen functional groups attached to an aromatic ring is 1. The van der Waals surface area contributed by atoms with Crippen LogP contribution in [0, 0.1) is 11.8 Å². The Morgan fingerprint density at radius 3 is 2.20 bits per heavy atom. The molecule has 0 saturated carbocycles. The minimum Gasteiger partial charge on any atom is -0.436 e. The van der Waals surface area contributed by atoms with Gasteiger partial charge in [-0.25, -0.2) is 14.4 Å². The third-order valence-electron chi connectivity index (χ3n) is 12.0. The van der Waals surface area contributed by atoms with Crippen molar-refractivity contribution in [3.63, 3.8) is 0 Å². The van der Waals surface area contributed by atoms with E-state index < -0.39 is 54.3 Å². The zero-order valence-corrected chi connectivity index (χ0v) is 34.4. The Morgan fingerprint density at radius 1 is 0.917 bits per heavy atom. The molecule has 14 nitrogen and oxygen atoms in total. The number of rotatable bonds is 11. The molecular weight excluding hydrogens is 809 g/mol. The molecule has 3 N–H and O–H groups in total. The van der Waals surface area contributed by atoms with Crippen LogP contribution in [0.5, 0.6) is 0 Å². The van der Waals surface area contributed by atoms with Crippen molar-refractivity contribution in [2.45, 2.75) is 76.6 Å². The number of urea groups is 1. The summed E-state index contributed by atoms with van der Waals surface area (Å²) in [6.07, 6.45) is -2.69. The molecule has 3 saturated heterocycles. The molecule has 3 fully saturated rings. The monoisotopic (exact) mass is 860 g/mol. The van der Waals surface area contributed by atoms with E-state index in [0.29, 0.717) is 76.7 Å². The maximum absolute atomic E-state index is 14.2. The van der Waals surface area contributed by atoms with Gasteiger partial charge in [0.25, 0.3) is 5.91 Å². The summed E-state index contributed by atoms with van der Waals surface area (Å²) >= 11 is 6.14. The van der Waals surface area contributed by atoms with Crippen molar-refractivity contribution in [3.8, 4) is 0 Å². The predicted octanol–water partition coefficient (Wildman–Crippen LogP) is 6.11. The molecular formula is C42H52ClF3N6O8. The number of nitrogens with two attached hydrogens (primary N) is 1. The molecule has 1 atom stereocenters. The summed E-state index contributed by atoms with van der Waals surface area (Å²) in [5.74, 6) is -0.992. The van der Waals surface area contributed by atoms with Gasteiger partial charge in [0.2, 0.25) is 6.79 Å². The number of hydrogen-bond donors (Lipinski definition) is 2. The van der Waals surface area contributed by atoms with Gasteiger partial charge >= 0.3 is 30.2 Å². The number of carbonyl (C=O) groups excluding carboxylic acids is 5. The number of alkyl halides is 3. The molecule has 4 aliphatic rings. The fraction of sp³-hybridized carbons (Fsp3) is 0.548. The highest BCUT2D eigenvalue weighted by Crippen LogP contribution is 2.39. The zero-order chi connectivity index (χ0) is 43.1. The number of hydrogen-bond acceptors (Lipinski definition) is 10. The minimum absolute atomic E-state index is 0.0398. The summed E-state index contributed by atoms with van der Waals surface area (Å²) in [6.45, 7) is 7.67. The summed E-state index contributed by atoms with van der Waals surface area (Å²) in [6, 6.07) is 9.39. The molecule has 0 spiro atoms. The molecule has 2 aromatic rings. The number of ether oxygens (including phenoxy) is 3. The number of fused-ring (bicyclic) bond motifs is 1. The van der Waals surface area contributed by atoms with Gasteiger partial charge in [0, 0.05) is 56.4 Å². The second-order valence-corrected chi connectivity index (χ2v) is 16.4. The van der Waals surface area contributed by atoms with Crippen LogP contribution in [0.2, 0.25) is 5.02 Å². The van der Waals surface area contributed by atoms with Crippen molar-refractivity contribution < 1.29 is 51.4 Å². The summed E-state index contributed by atoms with van der Waals surface area (Å²) in [4.78, 5) is 71.6. The van der Waals surface area contributed by atoms with Gasteiger partial charge in [-0.1, -0.05) is 36.4 Å². The predicted molar refractivity (Wildman–Crippen MR) is 216 cm³/mol. The lowest BCUT2D eigenvalue weighted by Gasteiger charge is -2.41. The highest BCUT2D eigenvalue weighted by molar-refractivity contribution is 6.33. The topological polar surface area (TPSA) is 164 Å². The third kappa shape index (κ3) is 11.2. The van der Waals surface area contributed by atoms with Gasteiger partial charge in [-0.15, -0.1) is 0 Å². The Bertz CT molecular complexity index is 1930. The quantitative estimate of drug-likeness (QED) is 0.117. The van der Waals surface area contributed by atoms with E-state index >= 15 is 0 Å². The van der Waals surface area contributed by atoms with Crippen LogP contribution in [0.15, 0.2) is 48.6 Å². The highest BCUT2D eigenvalue weighted by atomic mass is 35.5. The number of carbonyl (C=O) groups is 5. The van der Waals surface area contributed by atoms with Crippen molar-refractivity contribution in [1.82, 2.24) is 19.6 Å². The van der Waals surface area contributed by atoms with Crippen LogP contribution in [0.1, 0.15) is 62.1 Å². The van der Waals surface area contributed by atoms with Gasteiger partial charge in [-0.2, -0.15) is 13.2 Å². The molecule has 0 aliphatic carbocycles. The lowest BCUT2D eigenvalue weighted by atomic mass is 9.78. The molecule has 0 aromatic heterocycles. The number of nitrogens with one attached hydrogen (secondary N) is 1. The molecule has 4 amide bonds. The molecule has 4 heterocycles. The van der Waals surface area contributed by atoms with E-state index in [-0.39, 0.29) is 54.3 Å². The SMILES string of the molecule is C=C(C)C(=O)OCOC(=O)CN1CCC(C2CCN(C(=O)[C@@H](Cc3cc(Cl)c(N)c(C(F)(F)F)c3)OC(=O)N3CCC(N4CCc5ccccc5NC4=O)CC3)CC2)CC1. The molecule has 2 aromatic carbocycles. The number of esters is 2. The van der Waals surface area contributed by atoms with Crippen LogP contribution in [-0.4, -0.2) is 121 Å². The Kier molecular flexibility index (Phi) is 14.5. The average Bonchev–Trinajstić information content (AvgIpc) is 3.39. The molecule has 0 radical (unpaired) electrons. The smallest absolute Gasteiger partial charge is 0.418 e. The van der Waals surface area contributed by atoms with Gasteiger partial charge in [0.05, 0.1) is 22.8 Å². The van der Waals surface area contributed by atoms with Gasteiger partial charge in [0.15, 0.2) is 6.10 Å². The van der Waals surface area contributed by atoms with Crippen molar-refractivity contribution in [1.29, 1.82) is 0 Å². The van der Waals surface area contributed by atoms with Crippen LogP contribution < -0.4 is 11.1 Å². The van der Waals surface area contributed by atoms with Gasteiger partial charge in [-0.05, 0) is 106 Å². The van der Waals surface area contributed by atoms with Crippen molar-refractivity contribution in [3.05, 3.63) is 70.3 Å². The summed E-state index contributed by atoms with van der Waals surface area (Å²) in [7, 11) is 0. The van der Waals surface area contributed by atoms with E-state index in [1.807, 2.05) is 29.2 Å². The fourth-order valence-corrected chi connectivity index (χ4v) is 8.83. The average molecular weight is 861 g/mol. The Morgan fingerprint density at radius 2 is 1.55 bits per heavy atom. The first kappa shape index (κ1) is 44.5. The van der Waals surface area contributed by atoms with Gasteiger partial charge in [0.1, 0.15) is 0 Å². The van der Waals surface area contributed by atoms with Crippen molar-refractivity contribution in [2.75, 3.05) is 70.2 Å². The second kappa shape index (κ2) is 19.6. The Hall–Kier alpha value is -5.03. The van der Waals surface area contributed by atoms with E-state index in [4.69, 9.17) is 31.5 Å². The second-order valence-electron chi connectivity index (χ2n) is 16.0. The van der Waals surface area contributed by atoms with E-state index in [9.17, 15) is 37.1 Å². The maximum Gasteiger partial charge on any atom is 0.418 e. The van der Waals surface area contributed by atoms with Crippen LogP contribution in [-0.2, 0) is 47.6 Å². The third-order valence-corrected chi connectivity index (χ3v) is 12.3. The first-order valence-electron chi connectivity index (χ1n) is 20.3. The molecule has 0 bridgehead atoms. The number of benzene rings is 2. The standard InChI is InChI=1S/C42H52ClF3N6O8/c1-26(2)39(55)59-25-58-36(53)24-49-14-7-28(8-15-49)29-9-16-50(17-10-29)38(54)35(23-27-21-32(42(44,45)46)37(47)33(43)22-27)60-41(57)51-18-12-31(13-19-51)52-20-11-30-5-3-4-6-34(30)48-40(52)56/h3-6,21-22,28-29,31,35H,1,7-20,23-25,47H2,2H3,(H,48,56)/t35-/m1/s1. The first-order chi connectivity index (χ1) is 28.6. The van der Waals surface area contributed by atoms with E-state index in [1.54, 1.807) is 9.80 Å². The summed E-state index contributed by atoms with van der Waals surface area (Å²) in [5.41, 5.74) is 5.96. The van der Waals surface area contributed by atoms with Crippen molar-refractivity contribution >= 4 is 52.9 Å². The first-order valence-corrected chi connectivity index (χ1v) is 20.7. The summed E-state index contributed by atoms with van der Waals surface area (Å²) in [5, 5.41) is 2.65. The highest BCUT2D eigenvalue weighted by Gasteiger charge is 2.39. The number of piperidine rings is 3. The molecule has 18 heteroatoms. The normalized spacial score (nSPS) is 19.1. The van der Waals surface area contributed by atoms with E-state index in [0.717, 1.165) is 30.2 Å². The number of anilines is 2. The molecule has 0 unspecified atom stereocenters. The van der Waals surface area contributed by atoms with Gasteiger partial charge < -0.3 is 40.0 Å². The number of amides is 4. The zero-order valence-electron chi connectivity index (χ0n) is 33.6. The number of likely N-dealkylation sites (tertiary alicyclic amines) is 3. The Balaban J connectivity index is 1.04. The van der Waals surface area contributed by atoms with E-state index in [2.05, 4.69) is 11.9 Å². The van der Waals surface area contributed by atoms with Gasteiger partial charge in [-0.3, -0.25) is 14.5 Å². The van der Waals surface area contributed by atoms with E-state index in [1.165, 1.54) is 17.9 Å². The van der Waals surface area contributed by atoms with Crippen LogP contribution in [0.3, 0.4) is 0 Å². The molecule has 4 aliphatic heterocycles. The lowest BCUT2D eigenvalue weighted by molar-refractivity contribution is -0.165. The number of halogens is 4. The number of nitrogens with zero attached hydrogens (tertiary/aromatic N) is 4. The Labute approximate surface area is 352 Å². The van der Waals surface area contributed by atoms with Crippen LogP contribution in [0.4, 0.5) is 34.1 Å². The maximum atomic E-state index is 14.2. The molecule has 326 valence electrons. The largest absolute Gasteiger partial charge is 0.436 e. The summed E-state index contributed by atoms with van der Waals surface area (Å²) < 4.78 is 57.5. The van der Waals surface area contributed by atoms with Crippen LogP contribution >= 0.6 is 11.6 Å². The molecule has 60 heavy (non-hydrogen) atoms. The minimum atomic E-state index is -4.81. The van der Waals surface area contributed by atoms with Crippen LogP contribution in [0.25, 0.3) is 0 Å². The number of para-hydroxylation sites is 1. The lowest BCUT2D eigenvalue weighted by Crippen LogP contribution is -2.52. The van der Waals surface area contributed by atoms with Crippen molar-refractivity contribution in [2.24, 2.45) is 11.8 Å². The fourth-order valence-electron chi connectivity index (χ4n) is 8.59. The molecule has 6 rings (SSSR count).